The van der Waals surface area contributed by atoms with Crippen molar-refractivity contribution in [2.24, 2.45) is 11.7 Å². The number of nitrogens with one attached hydrogen (secondary N) is 2. The van der Waals surface area contributed by atoms with Crippen LogP contribution in [-0.4, -0.2) is 22.1 Å². The number of H-pyrrole nitrogens is 1. The van der Waals surface area contributed by atoms with Gasteiger partial charge in [-0.15, -0.1) is 0 Å². The molecule has 1 rings (SSSR count). The van der Waals surface area contributed by atoms with Crippen molar-refractivity contribution in [2.75, 3.05) is 5.32 Å². The first-order chi connectivity index (χ1) is 7.52. The van der Waals surface area contributed by atoms with Crippen LogP contribution in [0.4, 0.5) is 5.82 Å². The van der Waals surface area contributed by atoms with Gasteiger partial charge in [-0.25, -0.2) is 0 Å². The molecule has 0 saturated carbocycles. The smallest absolute Gasteiger partial charge is 0.242 e. The maximum absolute atomic E-state index is 11.7. The van der Waals surface area contributed by atoms with Gasteiger partial charge in [-0.05, 0) is 18.8 Å². The molecule has 1 amide bonds. The highest BCUT2D eigenvalue weighted by atomic mass is 16.2. The van der Waals surface area contributed by atoms with E-state index in [9.17, 15) is 4.79 Å². The molecule has 0 aliphatic carbocycles. The number of rotatable bonds is 5. The number of amides is 1. The van der Waals surface area contributed by atoms with E-state index in [1.54, 1.807) is 0 Å². The zero-order chi connectivity index (χ0) is 12.1. The quantitative estimate of drug-likeness (QED) is 0.704. The number of carbonyl (C=O) groups is 1. The van der Waals surface area contributed by atoms with Gasteiger partial charge in [0.25, 0.3) is 0 Å². The molecule has 5 nitrogen and oxygen atoms in total. The third-order valence-electron chi connectivity index (χ3n) is 2.33. The minimum atomic E-state index is -0.471. The van der Waals surface area contributed by atoms with E-state index >= 15 is 0 Å². The maximum atomic E-state index is 11.7. The highest BCUT2D eigenvalue weighted by Crippen LogP contribution is 2.08. The van der Waals surface area contributed by atoms with Crippen molar-refractivity contribution in [1.82, 2.24) is 10.2 Å². The molecule has 1 heterocycles. The molecule has 90 valence electrons. The van der Waals surface area contributed by atoms with Crippen molar-refractivity contribution in [3.8, 4) is 0 Å². The molecule has 4 N–H and O–H groups in total. The van der Waals surface area contributed by atoms with Gasteiger partial charge in [0.05, 0.1) is 6.04 Å². The van der Waals surface area contributed by atoms with Gasteiger partial charge in [0, 0.05) is 11.8 Å². The Labute approximate surface area is 95.8 Å². The van der Waals surface area contributed by atoms with Gasteiger partial charge < -0.3 is 11.1 Å². The number of carbonyl (C=O) groups excluding carboxylic acids is 1. The minimum absolute atomic E-state index is 0.178. The molecule has 1 atom stereocenters. The van der Waals surface area contributed by atoms with Gasteiger partial charge in [-0.2, -0.15) is 5.10 Å². The Bertz CT molecular complexity index is 346. The van der Waals surface area contributed by atoms with Crippen molar-refractivity contribution in [2.45, 2.75) is 39.7 Å². The molecule has 0 radical (unpaired) electrons. The van der Waals surface area contributed by atoms with Crippen LogP contribution in [0.2, 0.25) is 0 Å². The second kappa shape index (κ2) is 5.65. The summed E-state index contributed by atoms with van der Waals surface area (Å²) in [5.41, 5.74) is 6.75. The van der Waals surface area contributed by atoms with Crippen LogP contribution in [-0.2, 0) is 11.2 Å². The van der Waals surface area contributed by atoms with Crippen LogP contribution in [0.3, 0.4) is 0 Å². The standard InChI is InChI=1S/C11H20N4O/c1-4-8-6-10(15-14-8)13-11(16)9(12)5-7(2)3/h6-7,9H,4-5,12H2,1-3H3,(H2,13,14,15,16). The molecule has 0 fully saturated rings. The summed E-state index contributed by atoms with van der Waals surface area (Å²) in [5.74, 6) is 0.773. The molecule has 0 aliphatic rings. The van der Waals surface area contributed by atoms with Crippen molar-refractivity contribution >= 4 is 11.7 Å². The molecule has 16 heavy (non-hydrogen) atoms. The molecule has 5 heteroatoms. The van der Waals surface area contributed by atoms with E-state index in [2.05, 4.69) is 15.5 Å². The Morgan fingerprint density at radius 2 is 2.31 bits per heavy atom. The van der Waals surface area contributed by atoms with Gasteiger partial charge in [0.2, 0.25) is 5.91 Å². The first-order valence-electron chi connectivity index (χ1n) is 5.63. The van der Waals surface area contributed by atoms with E-state index in [1.807, 2.05) is 26.8 Å². The number of nitrogens with zero attached hydrogens (tertiary/aromatic N) is 1. The van der Waals surface area contributed by atoms with Crippen LogP contribution in [0.5, 0.6) is 0 Å². The predicted octanol–water partition coefficient (Wildman–Crippen LogP) is 1.28. The van der Waals surface area contributed by atoms with Crippen LogP contribution in [0.1, 0.15) is 32.9 Å². The zero-order valence-electron chi connectivity index (χ0n) is 10.1. The van der Waals surface area contributed by atoms with Crippen LogP contribution in [0.25, 0.3) is 0 Å². The summed E-state index contributed by atoms with van der Waals surface area (Å²) in [6.07, 6.45) is 1.54. The van der Waals surface area contributed by atoms with E-state index in [1.165, 1.54) is 0 Å². The Morgan fingerprint density at radius 3 is 2.81 bits per heavy atom. The van der Waals surface area contributed by atoms with Gasteiger partial charge >= 0.3 is 0 Å². The fraction of sp³-hybridized carbons (Fsp3) is 0.636. The zero-order valence-corrected chi connectivity index (χ0v) is 10.1. The third kappa shape index (κ3) is 3.66. The van der Waals surface area contributed by atoms with Crippen molar-refractivity contribution in [1.29, 1.82) is 0 Å². The second-order valence-corrected chi connectivity index (χ2v) is 4.36. The highest BCUT2D eigenvalue weighted by Gasteiger charge is 2.15. The fourth-order valence-electron chi connectivity index (χ4n) is 1.44. The lowest BCUT2D eigenvalue weighted by Gasteiger charge is -2.12. The molecular formula is C11H20N4O. The monoisotopic (exact) mass is 224 g/mol. The number of aromatic amines is 1. The van der Waals surface area contributed by atoms with Gasteiger partial charge in [0.1, 0.15) is 0 Å². The van der Waals surface area contributed by atoms with Crippen LogP contribution >= 0.6 is 0 Å². The van der Waals surface area contributed by atoms with Crippen LogP contribution in [0.15, 0.2) is 6.07 Å². The molecule has 1 aromatic rings. The van der Waals surface area contributed by atoms with E-state index in [4.69, 9.17) is 5.73 Å². The number of hydrogen-bond donors (Lipinski definition) is 3. The highest BCUT2D eigenvalue weighted by molar-refractivity contribution is 5.93. The van der Waals surface area contributed by atoms with Crippen molar-refractivity contribution in [3.05, 3.63) is 11.8 Å². The van der Waals surface area contributed by atoms with Crippen molar-refractivity contribution < 1.29 is 4.79 Å². The Kier molecular flexibility index (Phi) is 4.49. The summed E-state index contributed by atoms with van der Waals surface area (Å²) in [6, 6.07) is 1.35. The number of aryl methyl sites for hydroxylation is 1. The average molecular weight is 224 g/mol. The summed E-state index contributed by atoms with van der Waals surface area (Å²) in [5, 5.41) is 9.51. The average Bonchev–Trinajstić information content (AvgIpc) is 2.64. The Morgan fingerprint density at radius 1 is 1.62 bits per heavy atom. The van der Waals surface area contributed by atoms with E-state index in [0.717, 1.165) is 12.1 Å². The molecular weight excluding hydrogens is 204 g/mol. The predicted molar refractivity (Wildman–Crippen MR) is 64.0 cm³/mol. The summed E-state index contributed by atoms with van der Waals surface area (Å²) >= 11 is 0. The number of anilines is 1. The molecule has 1 aromatic heterocycles. The summed E-state index contributed by atoms with van der Waals surface area (Å²) < 4.78 is 0. The molecule has 0 spiro atoms. The lowest BCUT2D eigenvalue weighted by Crippen LogP contribution is -2.36. The number of hydrogen-bond acceptors (Lipinski definition) is 3. The summed E-state index contributed by atoms with van der Waals surface area (Å²) in [7, 11) is 0. The van der Waals surface area contributed by atoms with Crippen LogP contribution < -0.4 is 11.1 Å². The SMILES string of the molecule is CCc1cc(NC(=O)C(N)CC(C)C)n[nH]1. The molecule has 0 aromatic carbocycles. The topological polar surface area (TPSA) is 83.8 Å². The minimum Gasteiger partial charge on any atom is -0.320 e. The first kappa shape index (κ1) is 12.7. The Balaban J connectivity index is 2.50. The van der Waals surface area contributed by atoms with E-state index < -0.39 is 6.04 Å². The molecule has 0 saturated heterocycles. The van der Waals surface area contributed by atoms with Gasteiger partial charge in [-0.3, -0.25) is 9.89 Å². The normalized spacial score (nSPS) is 12.8. The summed E-state index contributed by atoms with van der Waals surface area (Å²) in [4.78, 5) is 11.7. The third-order valence-corrected chi connectivity index (χ3v) is 2.33. The van der Waals surface area contributed by atoms with Gasteiger partial charge in [-0.1, -0.05) is 20.8 Å². The Hall–Kier alpha value is -1.36. The molecule has 0 bridgehead atoms. The van der Waals surface area contributed by atoms with Gasteiger partial charge in [0.15, 0.2) is 5.82 Å². The maximum Gasteiger partial charge on any atom is 0.242 e. The number of nitrogens with two attached hydrogens (primary N) is 1. The molecule has 1 unspecified atom stereocenters. The molecule has 0 aliphatic heterocycles. The largest absolute Gasteiger partial charge is 0.320 e. The van der Waals surface area contributed by atoms with E-state index in [-0.39, 0.29) is 5.91 Å². The van der Waals surface area contributed by atoms with E-state index in [0.29, 0.717) is 18.2 Å². The lowest BCUT2D eigenvalue weighted by molar-refractivity contribution is -0.117. The summed E-state index contributed by atoms with van der Waals surface area (Å²) in [6.45, 7) is 6.09. The van der Waals surface area contributed by atoms with Crippen molar-refractivity contribution in [3.63, 3.8) is 0 Å². The number of aromatic nitrogens is 2. The second-order valence-electron chi connectivity index (χ2n) is 4.36. The first-order valence-corrected chi connectivity index (χ1v) is 5.63. The lowest BCUT2D eigenvalue weighted by atomic mass is 10.0. The van der Waals surface area contributed by atoms with Crippen LogP contribution in [0, 0.1) is 5.92 Å². The fourth-order valence-corrected chi connectivity index (χ4v) is 1.44.